The van der Waals surface area contributed by atoms with Gasteiger partial charge in [-0.15, -0.1) is 0 Å². The van der Waals surface area contributed by atoms with E-state index < -0.39 is 11.9 Å². The fraction of sp³-hybridized carbons (Fsp3) is 0.538. The molecule has 0 radical (unpaired) electrons. The number of nitrogens with zero attached hydrogens (tertiary/aromatic N) is 1. The monoisotopic (exact) mass is 267 g/mol. The first-order chi connectivity index (χ1) is 9.20. The summed E-state index contributed by atoms with van der Waals surface area (Å²) in [5, 5.41) is 5.72. The number of alkyl carbamates (subject to hydrolysis) is 1. The minimum atomic E-state index is -0.428. The Morgan fingerprint density at radius 2 is 2.42 bits per heavy atom. The Kier molecular flexibility index (Phi) is 4.54. The summed E-state index contributed by atoms with van der Waals surface area (Å²) in [7, 11) is 0. The third kappa shape index (κ3) is 4.08. The minimum absolute atomic E-state index is 0.0551. The number of hydrogen-bond acceptors (Lipinski definition) is 4. The maximum absolute atomic E-state index is 13.4. The van der Waals surface area contributed by atoms with Gasteiger partial charge in [0, 0.05) is 12.7 Å². The van der Waals surface area contributed by atoms with Gasteiger partial charge in [0.1, 0.15) is 0 Å². The summed E-state index contributed by atoms with van der Waals surface area (Å²) in [6.45, 7) is 2.54. The smallest absolute Gasteiger partial charge is 0.407 e. The standard InChI is InChI=1S/C13H18FN3O2/c1-2-19-13(18)17-11(9-5-6-9)8-16-12-10(14)4-3-7-15-12/h3-4,7,9,11H,2,5-6,8H2,1H3,(H,15,16)(H,17,18)/t11-/m1/s1. The van der Waals surface area contributed by atoms with E-state index in [1.807, 2.05) is 0 Å². The lowest BCUT2D eigenvalue weighted by Crippen LogP contribution is -2.41. The van der Waals surface area contributed by atoms with Crippen molar-refractivity contribution in [1.29, 1.82) is 0 Å². The topological polar surface area (TPSA) is 63.2 Å². The molecule has 0 aliphatic heterocycles. The summed E-state index contributed by atoms with van der Waals surface area (Å²) in [5.41, 5.74) is 0. The first kappa shape index (κ1) is 13.6. The van der Waals surface area contributed by atoms with Gasteiger partial charge in [-0.3, -0.25) is 0 Å². The lowest BCUT2D eigenvalue weighted by Gasteiger charge is -2.18. The van der Waals surface area contributed by atoms with Gasteiger partial charge >= 0.3 is 6.09 Å². The SMILES string of the molecule is CCOC(=O)N[C@H](CNc1ncccc1F)C1CC1. The molecule has 0 bridgehead atoms. The van der Waals surface area contributed by atoms with Crippen LogP contribution in [0.25, 0.3) is 0 Å². The van der Waals surface area contributed by atoms with Gasteiger partial charge in [-0.25, -0.2) is 14.2 Å². The van der Waals surface area contributed by atoms with Crippen LogP contribution in [0.3, 0.4) is 0 Å². The number of carbonyl (C=O) groups excluding carboxylic acids is 1. The maximum atomic E-state index is 13.4. The molecule has 1 saturated carbocycles. The van der Waals surface area contributed by atoms with E-state index in [0.717, 1.165) is 12.8 Å². The van der Waals surface area contributed by atoms with Gasteiger partial charge in [0.2, 0.25) is 0 Å². The van der Waals surface area contributed by atoms with Crippen LogP contribution in [-0.4, -0.2) is 30.3 Å². The number of hydrogen-bond donors (Lipinski definition) is 2. The van der Waals surface area contributed by atoms with Crippen LogP contribution in [0.15, 0.2) is 18.3 Å². The third-order valence-corrected chi connectivity index (χ3v) is 3.02. The molecule has 1 atom stereocenters. The Morgan fingerprint density at radius 3 is 3.05 bits per heavy atom. The maximum Gasteiger partial charge on any atom is 0.407 e. The van der Waals surface area contributed by atoms with Crippen molar-refractivity contribution < 1.29 is 13.9 Å². The predicted molar refractivity (Wildman–Crippen MR) is 69.4 cm³/mol. The van der Waals surface area contributed by atoms with Crippen molar-refractivity contribution in [3.63, 3.8) is 0 Å². The van der Waals surface area contributed by atoms with Crippen LogP contribution >= 0.6 is 0 Å². The normalized spacial score (nSPS) is 15.7. The van der Waals surface area contributed by atoms with Crippen molar-refractivity contribution in [2.24, 2.45) is 5.92 Å². The van der Waals surface area contributed by atoms with E-state index in [2.05, 4.69) is 15.6 Å². The lowest BCUT2D eigenvalue weighted by molar-refractivity contribution is 0.147. The van der Waals surface area contributed by atoms with E-state index in [-0.39, 0.29) is 11.9 Å². The van der Waals surface area contributed by atoms with Crippen LogP contribution in [0.4, 0.5) is 15.0 Å². The van der Waals surface area contributed by atoms with Gasteiger partial charge in [-0.2, -0.15) is 0 Å². The number of amides is 1. The molecule has 2 rings (SSSR count). The van der Waals surface area contributed by atoms with E-state index in [9.17, 15) is 9.18 Å². The largest absolute Gasteiger partial charge is 0.450 e. The molecule has 104 valence electrons. The van der Waals surface area contributed by atoms with Crippen molar-refractivity contribution in [1.82, 2.24) is 10.3 Å². The highest BCUT2D eigenvalue weighted by Gasteiger charge is 2.32. The Labute approximate surface area is 111 Å². The molecule has 0 aromatic carbocycles. The zero-order valence-corrected chi connectivity index (χ0v) is 10.9. The number of halogens is 1. The Bertz CT molecular complexity index is 438. The summed E-state index contributed by atoms with van der Waals surface area (Å²) in [6, 6.07) is 2.83. The van der Waals surface area contributed by atoms with Gasteiger partial charge < -0.3 is 15.4 Å². The summed E-state index contributed by atoms with van der Waals surface area (Å²) in [5.74, 6) is 0.246. The molecule has 0 spiro atoms. The van der Waals surface area contributed by atoms with Crippen molar-refractivity contribution in [2.75, 3.05) is 18.5 Å². The molecule has 1 aliphatic rings. The highest BCUT2D eigenvalue weighted by atomic mass is 19.1. The molecule has 1 fully saturated rings. The van der Waals surface area contributed by atoms with Gasteiger partial charge in [-0.05, 0) is 37.8 Å². The number of carbonyl (C=O) groups is 1. The molecule has 6 heteroatoms. The number of anilines is 1. The first-order valence-corrected chi connectivity index (χ1v) is 6.48. The first-order valence-electron chi connectivity index (χ1n) is 6.48. The van der Waals surface area contributed by atoms with Crippen LogP contribution in [0.1, 0.15) is 19.8 Å². The molecule has 19 heavy (non-hydrogen) atoms. The summed E-state index contributed by atoms with van der Waals surface area (Å²) in [6.07, 6.45) is 3.24. The van der Waals surface area contributed by atoms with Crippen LogP contribution in [-0.2, 0) is 4.74 Å². The zero-order valence-electron chi connectivity index (χ0n) is 10.9. The van der Waals surface area contributed by atoms with Gasteiger partial charge in [0.25, 0.3) is 0 Å². The summed E-state index contributed by atoms with van der Waals surface area (Å²) in [4.78, 5) is 15.3. The van der Waals surface area contributed by atoms with Crippen LogP contribution < -0.4 is 10.6 Å². The molecule has 1 aliphatic carbocycles. The number of nitrogens with one attached hydrogen (secondary N) is 2. The predicted octanol–water partition coefficient (Wildman–Crippen LogP) is 2.16. The fourth-order valence-electron chi connectivity index (χ4n) is 1.88. The van der Waals surface area contributed by atoms with Crippen molar-refractivity contribution in [3.05, 3.63) is 24.1 Å². The molecule has 2 N–H and O–H groups in total. The number of aromatic nitrogens is 1. The Hall–Kier alpha value is -1.85. The highest BCUT2D eigenvalue weighted by Crippen LogP contribution is 2.32. The molecule has 0 unspecified atom stereocenters. The highest BCUT2D eigenvalue weighted by molar-refractivity contribution is 5.67. The second kappa shape index (κ2) is 6.36. The second-order valence-electron chi connectivity index (χ2n) is 4.52. The Balaban J connectivity index is 1.87. The van der Waals surface area contributed by atoms with Crippen molar-refractivity contribution in [3.8, 4) is 0 Å². The fourth-order valence-corrected chi connectivity index (χ4v) is 1.88. The zero-order chi connectivity index (χ0) is 13.7. The van der Waals surface area contributed by atoms with Gasteiger partial charge in [0.05, 0.1) is 12.6 Å². The van der Waals surface area contributed by atoms with Gasteiger partial charge in [-0.1, -0.05) is 0 Å². The second-order valence-corrected chi connectivity index (χ2v) is 4.52. The van der Waals surface area contributed by atoms with E-state index >= 15 is 0 Å². The van der Waals surface area contributed by atoms with Crippen molar-refractivity contribution >= 4 is 11.9 Å². The third-order valence-electron chi connectivity index (χ3n) is 3.02. The Morgan fingerprint density at radius 1 is 1.63 bits per heavy atom. The van der Waals surface area contributed by atoms with Crippen LogP contribution in [0, 0.1) is 11.7 Å². The molecule has 0 saturated heterocycles. The number of ether oxygens (including phenoxy) is 1. The summed E-state index contributed by atoms with van der Waals surface area (Å²) < 4.78 is 18.3. The summed E-state index contributed by atoms with van der Waals surface area (Å²) >= 11 is 0. The van der Waals surface area contributed by atoms with E-state index in [1.54, 1.807) is 6.92 Å². The lowest BCUT2D eigenvalue weighted by atomic mass is 10.2. The minimum Gasteiger partial charge on any atom is -0.450 e. The molecule has 1 aromatic rings. The van der Waals surface area contributed by atoms with Crippen LogP contribution in [0.5, 0.6) is 0 Å². The quantitative estimate of drug-likeness (QED) is 0.829. The van der Waals surface area contributed by atoms with Crippen LogP contribution in [0.2, 0.25) is 0 Å². The van der Waals surface area contributed by atoms with E-state index in [4.69, 9.17) is 4.74 Å². The molecular formula is C13H18FN3O2. The molecule has 1 amide bonds. The average Bonchev–Trinajstić information content (AvgIpc) is 3.20. The number of rotatable bonds is 6. The molecule has 5 nitrogen and oxygen atoms in total. The average molecular weight is 267 g/mol. The molecule has 1 heterocycles. The van der Waals surface area contributed by atoms with Crippen molar-refractivity contribution in [2.45, 2.75) is 25.8 Å². The van der Waals surface area contributed by atoms with E-state index in [0.29, 0.717) is 19.1 Å². The number of pyridine rings is 1. The van der Waals surface area contributed by atoms with E-state index in [1.165, 1.54) is 18.3 Å². The van der Waals surface area contributed by atoms with Gasteiger partial charge in [0.15, 0.2) is 11.6 Å². The molecular weight excluding hydrogens is 249 g/mol. The molecule has 1 aromatic heterocycles.